The van der Waals surface area contributed by atoms with E-state index < -0.39 is 6.61 Å². The van der Waals surface area contributed by atoms with Crippen LogP contribution in [0.25, 0.3) is 11.4 Å². The van der Waals surface area contributed by atoms with Gasteiger partial charge in [-0.1, -0.05) is 47.6 Å². The van der Waals surface area contributed by atoms with Crippen molar-refractivity contribution in [2.45, 2.75) is 32.5 Å². The van der Waals surface area contributed by atoms with Crippen molar-refractivity contribution in [3.63, 3.8) is 0 Å². The Morgan fingerprint density at radius 2 is 1.84 bits per heavy atom. The third-order valence-corrected chi connectivity index (χ3v) is 5.44. The molecule has 0 bridgehead atoms. The van der Waals surface area contributed by atoms with Crippen molar-refractivity contribution < 1.29 is 22.8 Å². The van der Waals surface area contributed by atoms with Gasteiger partial charge < -0.3 is 14.6 Å². The molecule has 1 amide bonds. The van der Waals surface area contributed by atoms with Crippen LogP contribution in [0.2, 0.25) is 0 Å². The fraction of sp³-hybridized carbons (Fsp3) is 0.348. The Hall–Kier alpha value is -3.33. The molecule has 32 heavy (non-hydrogen) atoms. The van der Waals surface area contributed by atoms with Crippen molar-refractivity contribution in [2.24, 2.45) is 5.92 Å². The molecule has 1 aliphatic rings. The summed E-state index contributed by atoms with van der Waals surface area (Å²) in [5, 5.41) is 6.92. The minimum absolute atomic E-state index is 0.00261. The van der Waals surface area contributed by atoms with Crippen molar-refractivity contribution in [1.29, 1.82) is 0 Å². The number of alkyl halides is 2. The van der Waals surface area contributed by atoms with Gasteiger partial charge >= 0.3 is 6.61 Å². The van der Waals surface area contributed by atoms with Gasteiger partial charge in [-0.15, -0.1) is 0 Å². The summed E-state index contributed by atoms with van der Waals surface area (Å²) in [5.41, 5.74) is 1.42. The van der Waals surface area contributed by atoms with E-state index in [0.717, 1.165) is 31.5 Å². The lowest BCUT2D eigenvalue weighted by molar-refractivity contribution is -0.126. The van der Waals surface area contributed by atoms with Crippen LogP contribution in [0, 0.1) is 5.92 Å². The van der Waals surface area contributed by atoms with Crippen LogP contribution in [0.1, 0.15) is 24.3 Å². The Morgan fingerprint density at radius 3 is 2.59 bits per heavy atom. The smallest absolute Gasteiger partial charge is 0.387 e. The second-order valence-corrected chi connectivity index (χ2v) is 7.64. The molecular weight excluding hydrogens is 418 g/mol. The Morgan fingerprint density at radius 1 is 1.12 bits per heavy atom. The molecule has 1 fully saturated rings. The third kappa shape index (κ3) is 5.67. The van der Waals surface area contributed by atoms with Gasteiger partial charge in [-0.2, -0.15) is 13.8 Å². The number of amides is 1. The molecular formula is C23H24F2N4O3. The summed E-state index contributed by atoms with van der Waals surface area (Å²) in [7, 11) is 0. The average Bonchev–Trinajstić information content (AvgIpc) is 3.27. The predicted octanol–water partition coefficient (Wildman–Crippen LogP) is 3.87. The number of nitrogens with one attached hydrogen (secondary N) is 1. The number of piperidine rings is 1. The summed E-state index contributed by atoms with van der Waals surface area (Å²) in [5.74, 6) is 0.637. The third-order valence-electron chi connectivity index (χ3n) is 5.44. The lowest BCUT2D eigenvalue weighted by Crippen LogP contribution is -2.40. The summed E-state index contributed by atoms with van der Waals surface area (Å²) in [6.07, 6.45) is 1.49. The molecule has 0 unspecified atom stereocenters. The summed E-state index contributed by atoms with van der Waals surface area (Å²) >= 11 is 0. The quantitative estimate of drug-likeness (QED) is 0.571. The van der Waals surface area contributed by atoms with Crippen molar-refractivity contribution in [2.75, 3.05) is 13.1 Å². The van der Waals surface area contributed by atoms with Gasteiger partial charge in [0, 0.05) is 12.5 Å². The van der Waals surface area contributed by atoms with Crippen LogP contribution in [0.4, 0.5) is 8.78 Å². The maximum atomic E-state index is 12.6. The van der Waals surface area contributed by atoms with Crippen LogP contribution < -0.4 is 10.1 Å². The molecule has 0 atom stereocenters. The number of para-hydroxylation sites is 1. The highest BCUT2D eigenvalue weighted by atomic mass is 19.3. The zero-order chi connectivity index (χ0) is 22.3. The summed E-state index contributed by atoms with van der Waals surface area (Å²) in [6.45, 7) is -0.517. The molecule has 0 radical (unpaired) electrons. The number of likely N-dealkylation sites (tertiary alicyclic amines) is 1. The average molecular weight is 442 g/mol. The number of benzene rings is 2. The van der Waals surface area contributed by atoms with E-state index >= 15 is 0 Å². The molecule has 1 aliphatic heterocycles. The Labute approximate surface area is 184 Å². The molecule has 1 N–H and O–H groups in total. The van der Waals surface area contributed by atoms with Crippen LogP contribution in [0.3, 0.4) is 0 Å². The minimum atomic E-state index is -2.94. The predicted molar refractivity (Wildman–Crippen MR) is 113 cm³/mol. The molecule has 0 saturated carbocycles. The van der Waals surface area contributed by atoms with Crippen LogP contribution in [0.15, 0.2) is 59.1 Å². The van der Waals surface area contributed by atoms with Crippen LogP contribution in [0.5, 0.6) is 5.75 Å². The number of halogens is 2. The number of carbonyl (C=O) groups is 1. The van der Waals surface area contributed by atoms with Crippen LogP contribution in [-0.2, 0) is 17.9 Å². The number of rotatable bonds is 8. The Kier molecular flexibility index (Phi) is 7.06. The van der Waals surface area contributed by atoms with E-state index in [2.05, 4.69) is 25.1 Å². The number of hydrogen-bond donors (Lipinski definition) is 1. The second kappa shape index (κ2) is 10.3. The van der Waals surface area contributed by atoms with Gasteiger partial charge in [-0.25, -0.2) is 0 Å². The van der Waals surface area contributed by atoms with E-state index in [9.17, 15) is 13.6 Å². The molecule has 1 aromatic heterocycles. The SMILES string of the molecule is O=C(NCc1ccccc1)C1CCN(Cc2nc(-c3ccccc3OC(F)F)no2)CC1. The molecule has 1 saturated heterocycles. The Bertz CT molecular complexity index is 1020. The monoisotopic (exact) mass is 442 g/mol. The number of aromatic nitrogens is 2. The summed E-state index contributed by atoms with van der Waals surface area (Å²) < 4.78 is 35.1. The lowest BCUT2D eigenvalue weighted by atomic mass is 9.96. The van der Waals surface area contributed by atoms with Gasteiger partial charge in [0.15, 0.2) is 0 Å². The molecule has 2 aromatic carbocycles. The lowest BCUT2D eigenvalue weighted by Gasteiger charge is -2.30. The maximum Gasteiger partial charge on any atom is 0.387 e. The first-order valence-corrected chi connectivity index (χ1v) is 10.5. The number of carbonyl (C=O) groups excluding carboxylic acids is 1. The molecule has 9 heteroatoms. The number of hydrogen-bond acceptors (Lipinski definition) is 6. The fourth-order valence-electron chi connectivity index (χ4n) is 3.75. The maximum absolute atomic E-state index is 12.6. The van der Waals surface area contributed by atoms with Gasteiger partial charge in [0.2, 0.25) is 17.6 Å². The highest BCUT2D eigenvalue weighted by Crippen LogP contribution is 2.29. The van der Waals surface area contributed by atoms with E-state index in [4.69, 9.17) is 4.52 Å². The van der Waals surface area contributed by atoms with Crippen LogP contribution >= 0.6 is 0 Å². The number of nitrogens with zero attached hydrogens (tertiary/aromatic N) is 3. The molecule has 2 heterocycles. The zero-order valence-corrected chi connectivity index (χ0v) is 17.4. The zero-order valence-electron chi connectivity index (χ0n) is 17.4. The normalized spacial score (nSPS) is 15.1. The van der Waals surface area contributed by atoms with Crippen molar-refractivity contribution in [3.05, 3.63) is 66.1 Å². The van der Waals surface area contributed by atoms with Crippen molar-refractivity contribution in [1.82, 2.24) is 20.4 Å². The number of ether oxygens (including phenoxy) is 1. The highest BCUT2D eigenvalue weighted by molar-refractivity contribution is 5.78. The van der Waals surface area contributed by atoms with Gasteiger partial charge in [-0.3, -0.25) is 9.69 Å². The standard InChI is InChI=1S/C23H24F2N4O3/c24-23(25)31-19-9-5-4-8-18(19)21-27-20(32-28-21)15-29-12-10-17(11-13-29)22(30)26-14-16-6-2-1-3-7-16/h1-9,17,23H,10-15H2,(H,26,30). The molecule has 0 aliphatic carbocycles. The first kappa shape index (κ1) is 21.9. The molecule has 0 spiro atoms. The van der Waals surface area contributed by atoms with E-state index in [0.29, 0.717) is 24.5 Å². The van der Waals surface area contributed by atoms with Gasteiger partial charge in [0.25, 0.3) is 0 Å². The van der Waals surface area contributed by atoms with E-state index in [1.165, 1.54) is 6.07 Å². The minimum Gasteiger partial charge on any atom is -0.434 e. The first-order chi connectivity index (χ1) is 15.6. The van der Waals surface area contributed by atoms with Gasteiger partial charge in [0.05, 0.1) is 12.1 Å². The molecule has 7 nitrogen and oxygen atoms in total. The molecule has 4 rings (SSSR count). The van der Waals surface area contributed by atoms with Gasteiger partial charge in [0.1, 0.15) is 5.75 Å². The molecule has 3 aromatic rings. The summed E-state index contributed by atoms with van der Waals surface area (Å²) in [4.78, 5) is 18.9. The van der Waals surface area contributed by atoms with Crippen molar-refractivity contribution in [3.8, 4) is 17.1 Å². The molecule has 168 valence electrons. The first-order valence-electron chi connectivity index (χ1n) is 10.5. The Balaban J connectivity index is 1.28. The van der Waals surface area contributed by atoms with E-state index in [1.807, 2.05) is 30.3 Å². The second-order valence-electron chi connectivity index (χ2n) is 7.64. The van der Waals surface area contributed by atoms with Gasteiger partial charge in [-0.05, 0) is 43.6 Å². The van der Waals surface area contributed by atoms with E-state index in [1.54, 1.807) is 18.2 Å². The van der Waals surface area contributed by atoms with Crippen LogP contribution in [-0.4, -0.2) is 40.6 Å². The van der Waals surface area contributed by atoms with E-state index in [-0.39, 0.29) is 23.4 Å². The fourth-order valence-corrected chi connectivity index (χ4v) is 3.75. The van der Waals surface area contributed by atoms with Crippen molar-refractivity contribution >= 4 is 5.91 Å². The topological polar surface area (TPSA) is 80.5 Å². The highest BCUT2D eigenvalue weighted by Gasteiger charge is 2.26. The largest absolute Gasteiger partial charge is 0.434 e. The summed E-state index contributed by atoms with van der Waals surface area (Å²) in [6, 6.07) is 16.2.